The monoisotopic (exact) mass is 359 g/mol. The summed E-state index contributed by atoms with van der Waals surface area (Å²) in [5, 5.41) is 8.48. The Morgan fingerprint density at radius 2 is 1.62 bits per heavy atom. The van der Waals surface area contributed by atoms with Crippen LogP contribution in [0.5, 0.6) is 0 Å². The Balaban J connectivity index is 1.68. The molecule has 0 unspecified atom stereocenters. The van der Waals surface area contributed by atoms with Gasteiger partial charge in [-0.05, 0) is 43.5 Å². The van der Waals surface area contributed by atoms with Crippen molar-refractivity contribution in [2.45, 2.75) is 51.9 Å². The summed E-state index contributed by atoms with van der Waals surface area (Å²) in [4.78, 5) is 35.7. The fraction of sp³-hybridized carbons (Fsp3) is 0.550. The molecular weight excluding hydrogens is 330 g/mol. The molecule has 0 radical (unpaired) electrons. The molecule has 6 heteroatoms. The van der Waals surface area contributed by atoms with Crippen LogP contribution < -0.4 is 16.0 Å². The summed E-state index contributed by atoms with van der Waals surface area (Å²) in [7, 11) is 0. The normalized spacial score (nSPS) is 14.5. The Morgan fingerprint density at radius 1 is 0.962 bits per heavy atom. The van der Waals surface area contributed by atoms with Gasteiger partial charge in [-0.25, -0.2) is 0 Å². The number of nitrogens with one attached hydrogen (secondary N) is 3. The lowest BCUT2D eigenvalue weighted by Gasteiger charge is -2.20. The minimum absolute atomic E-state index is 0.0293. The number of hydrogen-bond acceptors (Lipinski definition) is 3. The molecule has 0 heterocycles. The first-order valence-electron chi connectivity index (χ1n) is 9.56. The molecule has 0 spiro atoms. The topological polar surface area (TPSA) is 87.3 Å². The summed E-state index contributed by atoms with van der Waals surface area (Å²) < 4.78 is 0. The molecule has 3 amide bonds. The molecule has 1 aromatic carbocycles. The zero-order chi connectivity index (χ0) is 18.8. The number of carbonyl (C=O) groups excluding carboxylic acids is 3. The molecule has 3 N–H and O–H groups in total. The van der Waals surface area contributed by atoms with Crippen LogP contribution in [-0.2, 0) is 9.59 Å². The SMILES string of the molecule is CCCC(=O)Nc1ccc(C(=O)NCCNC(=O)C2CCCCC2)cc1. The van der Waals surface area contributed by atoms with E-state index in [0.717, 1.165) is 32.1 Å². The van der Waals surface area contributed by atoms with Crippen molar-refractivity contribution in [3.63, 3.8) is 0 Å². The van der Waals surface area contributed by atoms with Crippen molar-refractivity contribution in [3.05, 3.63) is 29.8 Å². The van der Waals surface area contributed by atoms with Gasteiger partial charge in [-0.3, -0.25) is 14.4 Å². The molecule has 1 saturated carbocycles. The highest BCUT2D eigenvalue weighted by atomic mass is 16.2. The first kappa shape index (κ1) is 19.9. The van der Waals surface area contributed by atoms with Crippen molar-refractivity contribution in [3.8, 4) is 0 Å². The molecule has 6 nitrogen and oxygen atoms in total. The van der Waals surface area contributed by atoms with Gasteiger partial charge >= 0.3 is 0 Å². The van der Waals surface area contributed by atoms with Gasteiger partial charge in [0, 0.05) is 36.7 Å². The van der Waals surface area contributed by atoms with E-state index in [-0.39, 0.29) is 23.6 Å². The highest BCUT2D eigenvalue weighted by Gasteiger charge is 2.20. The van der Waals surface area contributed by atoms with Crippen LogP contribution in [0, 0.1) is 5.92 Å². The van der Waals surface area contributed by atoms with E-state index in [1.54, 1.807) is 24.3 Å². The molecule has 0 bridgehead atoms. The maximum Gasteiger partial charge on any atom is 0.251 e. The Bertz CT molecular complexity index is 607. The van der Waals surface area contributed by atoms with E-state index >= 15 is 0 Å². The Hall–Kier alpha value is -2.37. The molecule has 1 aromatic rings. The minimum Gasteiger partial charge on any atom is -0.354 e. The van der Waals surface area contributed by atoms with Gasteiger partial charge in [0.2, 0.25) is 11.8 Å². The number of rotatable bonds is 8. The second-order valence-electron chi connectivity index (χ2n) is 6.76. The maximum absolute atomic E-state index is 12.1. The number of anilines is 1. The van der Waals surface area contributed by atoms with E-state index in [2.05, 4.69) is 16.0 Å². The second-order valence-corrected chi connectivity index (χ2v) is 6.76. The third-order valence-corrected chi connectivity index (χ3v) is 4.59. The summed E-state index contributed by atoms with van der Waals surface area (Å²) in [6.45, 7) is 2.78. The van der Waals surface area contributed by atoms with Crippen molar-refractivity contribution in [2.75, 3.05) is 18.4 Å². The van der Waals surface area contributed by atoms with Crippen molar-refractivity contribution >= 4 is 23.4 Å². The summed E-state index contributed by atoms with van der Waals surface area (Å²) in [5.74, 6) is 0.0165. The van der Waals surface area contributed by atoms with Gasteiger partial charge in [0.25, 0.3) is 5.91 Å². The lowest BCUT2D eigenvalue weighted by Crippen LogP contribution is -2.38. The Labute approximate surface area is 155 Å². The number of hydrogen-bond donors (Lipinski definition) is 3. The molecule has 142 valence electrons. The number of amides is 3. The van der Waals surface area contributed by atoms with Crippen LogP contribution in [0.3, 0.4) is 0 Å². The van der Waals surface area contributed by atoms with E-state index < -0.39 is 0 Å². The first-order valence-corrected chi connectivity index (χ1v) is 9.56. The van der Waals surface area contributed by atoms with Crippen molar-refractivity contribution in [1.29, 1.82) is 0 Å². The van der Waals surface area contributed by atoms with Gasteiger partial charge in [-0.2, -0.15) is 0 Å². The predicted molar refractivity (Wildman–Crippen MR) is 102 cm³/mol. The highest BCUT2D eigenvalue weighted by Crippen LogP contribution is 2.23. The molecule has 0 aliphatic heterocycles. The summed E-state index contributed by atoms with van der Waals surface area (Å²) in [6.07, 6.45) is 6.70. The van der Waals surface area contributed by atoms with Gasteiger partial charge in [-0.1, -0.05) is 26.2 Å². The maximum atomic E-state index is 12.1. The third-order valence-electron chi connectivity index (χ3n) is 4.59. The van der Waals surface area contributed by atoms with Gasteiger partial charge in [0.1, 0.15) is 0 Å². The molecule has 1 fully saturated rings. The second kappa shape index (κ2) is 10.6. The van der Waals surface area contributed by atoms with E-state index in [1.165, 1.54) is 6.42 Å². The molecule has 1 aliphatic rings. The van der Waals surface area contributed by atoms with Crippen LogP contribution in [0.2, 0.25) is 0 Å². The summed E-state index contributed by atoms with van der Waals surface area (Å²) in [5.41, 5.74) is 1.21. The predicted octanol–water partition coefficient (Wildman–Crippen LogP) is 2.85. The van der Waals surface area contributed by atoms with E-state index in [9.17, 15) is 14.4 Å². The average Bonchev–Trinajstić information content (AvgIpc) is 2.66. The number of carbonyl (C=O) groups is 3. The van der Waals surface area contributed by atoms with Crippen LogP contribution in [-0.4, -0.2) is 30.8 Å². The van der Waals surface area contributed by atoms with Crippen LogP contribution in [0.1, 0.15) is 62.2 Å². The van der Waals surface area contributed by atoms with Gasteiger partial charge in [0.15, 0.2) is 0 Å². The Kier molecular flexibility index (Phi) is 8.12. The largest absolute Gasteiger partial charge is 0.354 e. The van der Waals surface area contributed by atoms with Gasteiger partial charge in [-0.15, -0.1) is 0 Å². The smallest absolute Gasteiger partial charge is 0.251 e. The summed E-state index contributed by atoms with van der Waals surface area (Å²) >= 11 is 0. The standard InChI is InChI=1S/C20H29N3O3/c1-2-6-18(24)23-17-11-9-16(10-12-17)20(26)22-14-13-21-19(25)15-7-4-3-5-8-15/h9-12,15H,2-8,13-14H2,1H3,(H,21,25)(H,22,26)(H,23,24). The molecule has 0 atom stereocenters. The quantitative estimate of drug-likeness (QED) is 0.624. The van der Waals surface area contributed by atoms with E-state index in [0.29, 0.717) is 30.8 Å². The molecular formula is C20H29N3O3. The average molecular weight is 359 g/mol. The van der Waals surface area contributed by atoms with Crippen molar-refractivity contribution < 1.29 is 14.4 Å². The fourth-order valence-corrected chi connectivity index (χ4v) is 3.13. The van der Waals surface area contributed by atoms with Crippen LogP contribution >= 0.6 is 0 Å². The molecule has 0 aromatic heterocycles. The van der Waals surface area contributed by atoms with E-state index in [1.807, 2.05) is 6.92 Å². The van der Waals surface area contributed by atoms with Crippen LogP contribution in [0.25, 0.3) is 0 Å². The number of benzene rings is 1. The van der Waals surface area contributed by atoms with Crippen molar-refractivity contribution in [1.82, 2.24) is 10.6 Å². The lowest BCUT2D eigenvalue weighted by atomic mass is 9.89. The van der Waals surface area contributed by atoms with Crippen molar-refractivity contribution in [2.24, 2.45) is 5.92 Å². The molecule has 2 rings (SSSR count). The minimum atomic E-state index is -0.191. The fourth-order valence-electron chi connectivity index (χ4n) is 3.13. The molecule has 0 saturated heterocycles. The first-order chi connectivity index (χ1) is 12.6. The zero-order valence-electron chi connectivity index (χ0n) is 15.5. The summed E-state index contributed by atoms with van der Waals surface area (Å²) in [6, 6.07) is 6.79. The lowest BCUT2D eigenvalue weighted by molar-refractivity contribution is -0.125. The molecule has 26 heavy (non-hydrogen) atoms. The van der Waals surface area contributed by atoms with Crippen LogP contribution in [0.15, 0.2) is 24.3 Å². The van der Waals surface area contributed by atoms with Gasteiger partial charge in [0.05, 0.1) is 0 Å². The van der Waals surface area contributed by atoms with Gasteiger partial charge < -0.3 is 16.0 Å². The molecule has 1 aliphatic carbocycles. The van der Waals surface area contributed by atoms with E-state index in [4.69, 9.17) is 0 Å². The highest BCUT2D eigenvalue weighted by molar-refractivity contribution is 5.95. The van der Waals surface area contributed by atoms with Crippen LogP contribution in [0.4, 0.5) is 5.69 Å². The Morgan fingerprint density at radius 3 is 2.27 bits per heavy atom. The zero-order valence-corrected chi connectivity index (χ0v) is 15.5. The third kappa shape index (κ3) is 6.50.